The number of carbonyl (C=O) groups excluding carboxylic acids is 2. The molecule has 6 heteroatoms. The molecule has 2 aromatic rings. The van der Waals surface area contributed by atoms with Crippen LogP contribution in [0.2, 0.25) is 0 Å². The Bertz CT molecular complexity index is 843. The molecular formula is C19H18N2O4. The standard InChI is InChI=1S/C19H18N2O4/c1-24-14-7-4-6-13(12-14)21-17-15(8-5-10-20-17)16(22)19(18(21)23)9-2-3-11-25-19/h4-8,10,12H,2-3,9,11H2,1H3. The van der Waals surface area contributed by atoms with Gasteiger partial charge in [0.2, 0.25) is 11.4 Å². The van der Waals surface area contributed by atoms with Crippen LogP contribution in [-0.2, 0) is 9.53 Å². The molecule has 3 heterocycles. The number of rotatable bonds is 2. The number of Topliss-reactive ketones (excluding diaryl/α,β-unsaturated/α-hetero) is 1. The number of hydrogen-bond acceptors (Lipinski definition) is 5. The van der Waals surface area contributed by atoms with E-state index in [2.05, 4.69) is 4.98 Å². The highest BCUT2D eigenvalue weighted by Gasteiger charge is 2.55. The topological polar surface area (TPSA) is 68.7 Å². The Morgan fingerprint density at radius 3 is 2.84 bits per heavy atom. The van der Waals surface area contributed by atoms with Gasteiger partial charge in [-0.05, 0) is 43.5 Å². The fourth-order valence-corrected chi connectivity index (χ4v) is 3.48. The second kappa shape index (κ2) is 5.97. The Labute approximate surface area is 145 Å². The number of pyridine rings is 1. The number of ketones is 1. The summed E-state index contributed by atoms with van der Waals surface area (Å²) < 4.78 is 11.1. The van der Waals surface area contributed by atoms with Crippen LogP contribution >= 0.6 is 0 Å². The van der Waals surface area contributed by atoms with E-state index in [4.69, 9.17) is 9.47 Å². The summed E-state index contributed by atoms with van der Waals surface area (Å²) in [5.41, 5.74) is -0.436. The van der Waals surface area contributed by atoms with E-state index < -0.39 is 5.60 Å². The highest BCUT2D eigenvalue weighted by atomic mass is 16.5. The van der Waals surface area contributed by atoms with E-state index in [0.717, 1.165) is 12.8 Å². The van der Waals surface area contributed by atoms with E-state index in [-0.39, 0.29) is 11.7 Å². The van der Waals surface area contributed by atoms with Crippen molar-refractivity contribution in [3.05, 3.63) is 48.2 Å². The maximum atomic E-state index is 13.4. The minimum Gasteiger partial charge on any atom is -0.497 e. The van der Waals surface area contributed by atoms with Crippen molar-refractivity contribution in [1.82, 2.24) is 4.98 Å². The van der Waals surface area contributed by atoms with Gasteiger partial charge in [0.05, 0.1) is 18.4 Å². The highest BCUT2D eigenvalue weighted by Crippen LogP contribution is 2.42. The number of fused-ring (bicyclic) bond motifs is 1. The molecule has 1 amide bonds. The quantitative estimate of drug-likeness (QED) is 0.788. The molecule has 1 aromatic carbocycles. The molecule has 1 aromatic heterocycles. The number of nitrogens with zero attached hydrogens (tertiary/aromatic N) is 2. The highest BCUT2D eigenvalue weighted by molar-refractivity contribution is 6.28. The maximum absolute atomic E-state index is 13.4. The fraction of sp³-hybridized carbons (Fsp3) is 0.316. The van der Waals surface area contributed by atoms with Gasteiger partial charge in [-0.15, -0.1) is 0 Å². The van der Waals surface area contributed by atoms with Gasteiger partial charge in [0.15, 0.2) is 5.82 Å². The zero-order valence-electron chi connectivity index (χ0n) is 13.9. The zero-order chi connectivity index (χ0) is 17.4. The van der Waals surface area contributed by atoms with Crippen LogP contribution in [0, 0.1) is 0 Å². The summed E-state index contributed by atoms with van der Waals surface area (Å²) in [6.45, 7) is 0.402. The van der Waals surface area contributed by atoms with Crippen molar-refractivity contribution in [1.29, 1.82) is 0 Å². The summed E-state index contributed by atoms with van der Waals surface area (Å²) in [5.74, 6) is 0.292. The largest absolute Gasteiger partial charge is 0.497 e. The SMILES string of the molecule is COc1cccc(N2C(=O)C3(CCCCO3)C(=O)c3cccnc32)c1. The fourth-order valence-electron chi connectivity index (χ4n) is 3.48. The van der Waals surface area contributed by atoms with Gasteiger partial charge >= 0.3 is 0 Å². The minimum atomic E-state index is -1.45. The van der Waals surface area contributed by atoms with Gasteiger partial charge < -0.3 is 9.47 Å². The molecule has 1 spiro atoms. The monoisotopic (exact) mass is 338 g/mol. The average Bonchev–Trinajstić information content (AvgIpc) is 2.68. The van der Waals surface area contributed by atoms with Crippen molar-refractivity contribution in [2.24, 2.45) is 0 Å². The molecule has 2 aliphatic heterocycles. The number of carbonyl (C=O) groups is 2. The first-order valence-corrected chi connectivity index (χ1v) is 8.30. The van der Waals surface area contributed by atoms with Crippen LogP contribution in [0.15, 0.2) is 42.6 Å². The number of benzene rings is 1. The van der Waals surface area contributed by atoms with E-state index in [1.54, 1.807) is 49.7 Å². The lowest BCUT2D eigenvalue weighted by Gasteiger charge is -2.42. The smallest absolute Gasteiger partial charge is 0.273 e. The zero-order valence-corrected chi connectivity index (χ0v) is 13.9. The first-order valence-electron chi connectivity index (χ1n) is 8.30. The van der Waals surface area contributed by atoms with E-state index in [1.807, 2.05) is 0 Å². The van der Waals surface area contributed by atoms with Crippen LogP contribution in [0.1, 0.15) is 29.6 Å². The second-order valence-electron chi connectivity index (χ2n) is 6.18. The Hall–Kier alpha value is -2.73. The van der Waals surface area contributed by atoms with Gasteiger partial charge in [-0.2, -0.15) is 0 Å². The number of aromatic nitrogens is 1. The molecule has 0 saturated carbocycles. The first-order chi connectivity index (χ1) is 12.2. The Balaban J connectivity index is 1.91. The van der Waals surface area contributed by atoms with Crippen LogP contribution in [0.3, 0.4) is 0 Å². The average molecular weight is 338 g/mol. The molecule has 128 valence electrons. The van der Waals surface area contributed by atoms with Crippen molar-refractivity contribution in [2.45, 2.75) is 24.9 Å². The summed E-state index contributed by atoms with van der Waals surface area (Å²) in [7, 11) is 1.57. The Morgan fingerprint density at radius 1 is 1.20 bits per heavy atom. The van der Waals surface area contributed by atoms with Gasteiger partial charge in [0.1, 0.15) is 5.75 Å². The number of methoxy groups -OCH3 is 1. The van der Waals surface area contributed by atoms with Crippen LogP contribution in [0.25, 0.3) is 0 Å². The van der Waals surface area contributed by atoms with Crippen molar-refractivity contribution in [2.75, 3.05) is 18.6 Å². The molecule has 6 nitrogen and oxygen atoms in total. The van der Waals surface area contributed by atoms with Crippen molar-refractivity contribution >= 4 is 23.2 Å². The number of ether oxygens (including phenoxy) is 2. The molecule has 1 saturated heterocycles. The van der Waals surface area contributed by atoms with Crippen LogP contribution in [0.4, 0.5) is 11.5 Å². The van der Waals surface area contributed by atoms with Crippen LogP contribution in [-0.4, -0.2) is 36.0 Å². The lowest BCUT2D eigenvalue weighted by molar-refractivity contribution is -0.142. The molecule has 1 unspecified atom stereocenters. The second-order valence-corrected chi connectivity index (χ2v) is 6.18. The summed E-state index contributed by atoms with van der Waals surface area (Å²) in [4.78, 5) is 32.2. The predicted octanol–water partition coefficient (Wildman–Crippen LogP) is 2.89. The first kappa shape index (κ1) is 15.8. The summed E-state index contributed by atoms with van der Waals surface area (Å²) in [5, 5.41) is 0. The normalized spacial score (nSPS) is 22.8. The summed E-state index contributed by atoms with van der Waals surface area (Å²) in [6, 6.07) is 10.6. The molecule has 2 aliphatic rings. The summed E-state index contributed by atoms with van der Waals surface area (Å²) in [6.07, 6.45) is 3.59. The van der Waals surface area contributed by atoms with E-state index in [9.17, 15) is 9.59 Å². The molecule has 25 heavy (non-hydrogen) atoms. The van der Waals surface area contributed by atoms with Gasteiger partial charge in [0.25, 0.3) is 5.91 Å². The predicted molar refractivity (Wildman–Crippen MR) is 91.2 cm³/mol. The third-order valence-electron chi connectivity index (χ3n) is 4.74. The number of anilines is 2. The third-order valence-corrected chi connectivity index (χ3v) is 4.74. The minimum absolute atomic E-state index is 0.292. The number of amides is 1. The van der Waals surface area contributed by atoms with Crippen LogP contribution in [0.5, 0.6) is 5.75 Å². The molecular weight excluding hydrogens is 320 g/mol. The van der Waals surface area contributed by atoms with Crippen molar-refractivity contribution < 1.29 is 19.1 Å². The Kier molecular flexibility index (Phi) is 3.77. The lowest BCUT2D eigenvalue weighted by Crippen LogP contribution is -2.59. The summed E-state index contributed by atoms with van der Waals surface area (Å²) >= 11 is 0. The van der Waals surface area contributed by atoms with Crippen LogP contribution < -0.4 is 9.64 Å². The van der Waals surface area contributed by atoms with Gasteiger partial charge in [-0.3, -0.25) is 14.5 Å². The lowest BCUT2D eigenvalue weighted by atomic mass is 9.81. The molecule has 4 rings (SSSR count). The van der Waals surface area contributed by atoms with E-state index in [1.165, 1.54) is 4.90 Å². The van der Waals surface area contributed by atoms with Gasteiger partial charge in [0, 0.05) is 18.9 Å². The van der Waals surface area contributed by atoms with Gasteiger partial charge in [-0.1, -0.05) is 6.07 Å². The number of hydrogen-bond donors (Lipinski definition) is 0. The molecule has 0 radical (unpaired) electrons. The molecule has 1 atom stereocenters. The molecule has 1 fully saturated rings. The van der Waals surface area contributed by atoms with Gasteiger partial charge in [-0.25, -0.2) is 4.98 Å². The van der Waals surface area contributed by atoms with Crippen molar-refractivity contribution in [3.63, 3.8) is 0 Å². The van der Waals surface area contributed by atoms with E-state index in [0.29, 0.717) is 35.8 Å². The third kappa shape index (κ3) is 2.33. The Morgan fingerprint density at radius 2 is 2.08 bits per heavy atom. The molecule has 0 aliphatic carbocycles. The van der Waals surface area contributed by atoms with Crippen molar-refractivity contribution in [3.8, 4) is 5.75 Å². The molecule has 0 bridgehead atoms. The maximum Gasteiger partial charge on any atom is 0.273 e. The molecule has 0 N–H and O–H groups in total. The van der Waals surface area contributed by atoms with E-state index >= 15 is 0 Å².